The van der Waals surface area contributed by atoms with Crippen LogP contribution in [0.15, 0.2) is 42.7 Å². The Balaban J connectivity index is 1.77. The standard InChI is InChI=1S/C16H18N4O3/c1-2-23-15(22)12-4-6-13(7-5-12)20-14(21)8-11-19-16-17-9-3-10-18-16/h3-7,9-10H,2,8,11H2,1H3,(H,20,21)(H,17,18,19). The third kappa shape index (κ3) is 5.39. The van der Waals surface area contributed by atoms with E-state index in [1.807, 2.05) is 0 Å². The molecule has 1 aromatic heterocycles. The molecule has 2 N–H and O–H groups in total. The summed E-state index contributed by atoms with van der Waals surface area (Å²) in [6, 6.07) is 8.28. The molecule has 23 heavy (non-hydrogen) atoms. The second-order valence-electron chi connectivity index (χ2n) is 4.60. The smallest absolute Gasteiger partial charge is 0.338 e. The highest BCUT2D eigenvalue weighted by Gasteiger charge is 2.07. The Labute approximate surface area is 134 Å². The molecular weight excluding hydrogens is 296 g/mol. The Hall–Kier alpha value is -2.96. The van der Waals surface area contributed by atoms with E-state index < -0.39 is 0 Å². The van der Waals surface area contributed by atoms with E-state index in [2.05, 4.69) is 20.6 Å². The van der Waals surface area contributed by atoms with Crippen molar-refractivity contribution in [3.63, 3.8) is 0 Å². The maximum Gasteiger partial charge on any atom is 0.338 e. The molecule has 0 saturated heterocycles. The molecule has 0 saturated carbocycles. The molecule has 120 valence electrons. The van der Waals surface area contributed by atoms with Crippen LogP contribution >= 0.6 is 0 Å². The highest BCUT2D eigenvalue weighted by molar-refractivity contribution is 5.93. The molecule has 0 aliphatic rings. The first kappa shape index (κ1) is 16.4. The number of aromatic nitrogens is 2. The predicted molar refractivity (Wildman–Crippen MR) is 86.2 cm³/mol. The third-order valence-corrected chi connectivity index (χ3v) is 2.88. The number of esters is 1. The third-order valence-electron chi connectivity index (χ3n) is 2.88. The van der Waals surface area contributed by atoms with Crippen molar-refractivity contribution in [2.24, 2.45) is 0 Å². The number of rotatable bonds is 7. The van der Waals surface area contributed by atoms with Crippen LogP contribution in [0.3, 0.4) is 0 Å². The van der Waals surface area contributed by atoms with Crippen molar-refractivity contribution in [3.05, 3.63) is 48.3 Å². The van der Waals surface area contributed by atoms with Crippen molar-refractivity contribution in [2.75, 3.05) is 23.8 Å². The van der Waals surface area contributed by atoms with E-state index in [1.165, 1.54) is 0 Å². The van der Waals surface area contributed by atoms with Gasteiger partial charge in [-0.05, 0) is 37.3 Å². The molecule has 2 aromatic rings. The van der Waals surface area contributed by atoms with Crippen LogP contribution in [0.25, 0.3) is 0 Å². The highest BCUT2D eigenvalue weighted by atomic mass is 16.5. The fourth-order valence-corrected chi connectivity index (χ4v) is 1.81. The summed E-state index contributed by atoms with van der Waals surface area (Å²) in [6.07, 6.45) is 3.53. The summed E-state index contributed by atoms with van der Waals surface area (Å²) in [6.45, 7) is 2.51. The van der Waals surface area contributed by atoms with E-state index in [0.717, 1.165) is 0 Å². The van der Waals surface area contributed by atoms with Gasteiger partial charge >= 0.3 is 5.97 Å². The number of hydrogen-bond donors (Lipinski definition) is 2. The average molecular weight is 314 g/mol. The number of carbonyl (C=O) groups is 2. The van der Waals surface area contributed by atoms with Gasteiger partial charge in [0.1, 0.15) is 0 Å². The number of nitrogens with one attached hydrogen (secondary N) is 2. The number of amides is 1. The highest BCUT2D eigenvalue weighted by Crippen LogP contribution is 2.11. The van der Waals surface area contributed by atoms with Crippen LogP contribution in [0.5, 0.6) is 0 Å². The minimum absolute atomic E-state index is 0.141. The van der Waals surface area contributed by atoms with Crippen molar-refractivity contribution in [1.82, 2.24) is 9.97 Å². The van der Waals surface area contributed by atoms with Crippen LogP contribution in [-0.4, -0.2) is 35.0 Å². The van der Waals surface area contributed by atoms with Crippen LogP contribution in [0.4, 0.5) is 11.6 Å². The van der Waals surface area contributed by atoms with Crippen molar-refractivity contribution in [2.45, 2.75) is 13.3 Å². The lowest BCUT2D eigenvalue weighted by molar-refractivity contribution is -0.115. The summed E-state index contributed by atoms with van der Waals surface area (Å²) in [5.74, 6) is -0.0335. The van der Waals surface area contributed by atoms with Crippen LogP contribution < -0.4 is 10.6 Å². The van der Waals surface area contributed by atoms with Crippen molar-refractivity contribution >= 4 is 23.5 Å². The average Bonchev–Trinajstić information content (AvgIpc) is 2.57. The molecule has 0 bridgehead atoms. The lowest BCUT2D eigenvalue weighted by Gasteiger charge is -2.07. The summed E-state index contributed by atoms with van der Waals surface area (Å²) in [5.41, 5.74) is 1.08. The number of carbonyl (C=O) groups excluding carboxylic acids is 2. The molecule has 0 radical (unpaired) electrons. The zero-order valence-electron chi connectivity index (χ0n) is 12.8. The maximum absolute atomic E-state index is 11.8. The molecule has 0 fully saturated rings. The molecule has 7 heteroatoms. The largest absolute Gasteiger partial charge is 0.462 e. The normalized spacial score (nSPS) is 9.96. The Bertz CT molecular complexity index is 644. The molecule has 0 spiro atoms. The van der Waals surface area contributed by atoms with Crippen LogP contribution in [0.2, 0.25) is 0 Å². The lowest BCUT2D eigenvalue weighted by Crippen LogP contribution is -2.17. The molecule has 2 rings (SSSR count). The van der Waals surface area contributed by atoms with Crippen LogP contribution in [0.1, 0.15) is 23.7 Å². The minimum atomic E-state index is -0.377. The molecule has 0 atom stereocenters. The van der Waals surface area contributed by atoms with E-state index in [0.29, 0.717) is 30.4 Å². The molecule has 1 heterocycles. The maximum atomic E-state index is 11.8. The van der Waals surface area contributed by atoms with Gasteiger partial charge in [-0.15, -0.1) is 0 Å². The topological polar surface area (TPSA) is 93.2 Å². The SMILES string of the molecule is CCOC(=O)c1ccc(NC(=O)CCNc2ncccn2)cc1. The number of anilines is 2. The van der Waals surface area contributed by atoms with E-state index in [9.17, 15) is 9.59 Å². The van der Waals surface area contributed by atoms with Gasteiger partial charge in [-0.25, -0.2) is 14.8 Å². The van der Waals surface area contributed by atoms with Gasteiger partial charge in [0.15, 0.2) is 0 Å². The molecule has 1 amide bonds. The molecule has 0 aliphatic carbocycles. The Morgan fingerprint density at radius 2 is 1.83 bits per heavy atom. The van der Waals surface area contributed by atoms with E-state index in [-0.39, 0.29) is 18.3 Å². The van der Waals surface area contributed by atoms with Crippen molar-refractivity contribution < 1.29 is 14.3 Å². The molecule has 0 unspecified atom stereocenters. The number of benzene rings is 1. The summed E-state index contributed by atoms with van der Waals surface area (Å²) in [7, 11) is 0. The van der Waals surface area contributed by atoms with Gasteiger partial charge in [0.05, 0.1) is 12.2 Å². The zero-order chi connectivity index (χ0) is 16.5. The lowest BCUT2D eigenvalue weighted by atomic mass is 10.2. The fourth-order valence-electron chi connectivity index (χ4n) is 1.81. The van der Waals surface area contributed by atoms with E-state index in [4.69, 9.17) is 4.74 Å². The fraction of sp³-hybridized carbons (Fsp3) is 0.250. The summed E-state index contributed by atoms with van der Waals surface area (Å²) in [5, 5.41) is 5.71. The predicted octanol–water partition coefficient (Wildman–Crippen LogP) is 2.09. The summed E-state index contributed by atoms with van der Waals surface area (Å²) >= 11 is 0. The number of ether oxygens (including phenoxy) is 1. The quantitative estimate of drug-likeness (QED) is 0.760. The van der Waals surface area contributed by atoms with Crippen LogP contribution in [-0.2, 0) is 9.53 Å². The van der Waals surface area contributed by atoms with Gasteiger partial charge in [-0.2, -0.15) is 0 Å². The molecular formula is C16H18N4O3. The number of hydrogen-bond acceptors (Lipinski definition) is 6. The number of nitrogens with zero attached hydrogens (tertiary/aromatic N) is 2. The molecule has 7 nitrogen and oxygen atoms in total. The summed E-state index contributed by atoms with van der Waals surface area (Å²) in [4.78, 5) is 31.4. The zero-order valence-corrected chi connectivity index (χ0v) is 12.8. The van der Waals surface area contributed by atoms with Gasteiger partial charge in [0.2, 0.25) is 11.9 Å². The van der Waals surface area contributed by atoms with Gasteiger partial charge in [-0.3, -0.25) is 4.79 Å². The van der Waals surface area contributed by atoms with Crippen molar-refractivity contribution in [3.8, 4) is 0 Å². The summed E-state index contributed by atoms with van der Waals surface area (Å²) < 4.78 is 4.90. The van der Waals surface area contributed by atoms with Gasteiger partial charge in [0.25, 0.3) is 0 Å². The van der Waals surface area contributed by atoms with E-state index >= 15 is 0 Å². The second kappa shape index (κ2) is 8.47. The Kier molecular flexibility index (Phi) is 6.05. The molecule has 0 aliphatic heterocycles. The van der Waals surface area contributed by atoms with Gasteiger partial charge < -0.3 is 15.4 Å². The second-order valence-corrected chi connectivity index (χ2v) is 4.60. The minimum Gasteiger partial charge on any atom is -0.462 e. The van der Waals surface area contributed by atoms with Gasteiger partial charge in [0, 0.05) is 31.0 Å². The van der Waals surface area contributed by atoms with Crippen molar-refractivity contribution in [1.29, 1.82) is 0 Å². The van der Waals surface area contributed by atoms with E-state index in [1.54, 1.807) is 49.6 Å². The van der Waals surface area contributed by atoms with Gasteiger partial charge in [-0.1, -0.05) is 0 Å². The van der Waals surface area contributed by atoms with Crippen LogP contribution in [0, 0.1) is 0 Å². The Morgan fingerprint density at radius 1 is 1.13 bits per heavy atom. The Morgan fingerprint density at radius 3 is 2.48 bits per heavy atom. The first-order valence-electron chi connectivity index (χ1n) is 7.27. The molecule has 1 aromatic carbocycles. The first-order chi connectivity index (χ1) is 11.2. The monoisotopic (exact) mass is 314 g/mol. The first-order valence-corrected chi connectivity index (χ1v) is 7.27.